The van der Waals surface area contributed by atoms with Gasteiger partial charge in [-0.1, -0.05) is 25.0 Å². The number of alkyl halides is 1. The van der Waals surface area contributed by atoms with Gasteiger partial charge in [-0.25, -0.2) is 0 Å². The summed E-state index contributed by atoms with van der Waals surface area (Å²) in [6.45, 7) is 2.39. The van der Waals surface area contributed by atoms with Crippen LogP contribution in [-0.4, -0.2) is 37.5 Å². The van der Waals surface area contributed by atoms with Gasteiger partial charge in [0.05, 0.1) is 6.61 Å². The first-order valence-corrected chi connectivity index (χ1v) is 10.1. The van der Waals surface area contributed by atoms with Crippen LogP contribution in [0, 0.1) is 0 Å². The van der Waals surface area contributed by atoms with Crippen LogP contribution in [0.5, 0.6) is 5.75 Å². The molecule has 1 aromatic rings. The van der Waals surface area contributed by atoms with Crippen LogP contribution in [0.15, 0.2) is 24.3 Å². The summed E-state index contributed by atoms with van der Waals surface area (Å²) in [6, 6.07) is 8.97. The molecule has 1 aliphatic rings. The second-order valence-corrected chi connectivity index (χ2v) is 7.07. The molecule has 5 heteroatoms. The number of ether oxygens (including phenoxy) is 1. The van der Waals surface area contributed by atoms with Gasteiger partial charge in [0.15, 0.2) is 0 Å². The molecule has 0 spiro atoms. The molecule has 1 atom stereocenters. The van der Waals surface area contributed by atoms with Crippen LogP contribution in [0.2, 0.25) is 0 Å². The fourth-order valence-electron chi connectivity index (χ4n) is 3.13. The highest BCUT2D eigenvalue weighted by Gasteiger charge is 2.12. The van der Waals surface area contributed by atoms with Gasteiger partial charge in [-0.3, -0.25) is 4.79 Å². The summed E-state index contributed by atoms with van der Waals surface area (Å²) in [5.74, 6) is 1.52. The number of nitrogens with one attached hydrogen (secondary N) is 2. The van der Waals surface area contributed by atoms with E-state index in [1.54, 1.807) is 0 Å². The van der Waals surface area contributed by atoms with Gasteiger partial charge in [0.25, 0.3) is 0 Å². The van der Waals surface area contributed by atoms with E-state index in [9.17, 15) is 4.79 Å². The van der Waals surface area contributed by atoms with Gasteiger partial charge in [0, 0.05) is 24.9 Å². The predicted molar refractivity (Wildman–Crippen MR) is 103 cm³/mol. The standard InChI is InChI=1S/C20H31ClN2O2/c21-11-5-10-20(24)23-13-6-14-25-19-9-4-7-17(16-19)15-18-8-2-1-3-12-22-18/h4,7,9,16,18,22H,1-3,5-6,8,10-15H2,(H,23,24). The van der Waals surface area contributed by atoms with Crippen molar-refractivity contribution in [2.24, 2.45) is 0 Å². The van der Waals surface area contributed by atoms with Gasteiger partial charge in [-0.15, -0.1) is 11.6 Å². The van der Waals surface area contributed by atoms with Crippen LogP contribution in [0.25, 0.3) is 0 Å². The van der Waals surface area contributed by atoms with Gasteiger partial charge in [0.2, 0.25) is 5.91 Å². The molecule has 1 unspecified atom stereocenters. The Morgan fingerprint density at radius 3 is 3.08 bits per heavy atom. The van der Waals surface area contributed by atoms with Crippen molar-refractivity contribution in [3.8, 4) is 5.75 Å². The van der Waals surface area contributed by atoms with Gasteiger partial charge < -0.3 is 15.4 Å². The number of carbonyl (C=O) groups excluding carboxylic acids is 1. The Kier molecular flexibility index (Phi) is 9.75. The van der Waals surface area contributed by atoms with Crippen molar-refractivity contribution in [1.82, 2.24) is 10.6 Å². The van der Waals surface area contributed by atoms with Gasteiger partial charge in [-0.2, -0.15) is 0 Å². The average Bonchev–Trinajstić information content (AvgIpc) is 2.88. The predicted octanol–water partition coefficient (Wildman–Crippen LogP) is 3.67. The summed E-state index contributed by atoms with van der Waals surface area (Å²) in [5.41, 5.74) is 1.33. The largest absolute Gasteiger partial charge is 0.494 e. The first kappa shape index (κ1) is 20.1. The molecule has 1 heterocycles. The molecule has 0 bridgehead atoms. The lowest BCUT2D eigenvalue weighted by Gasteiger charge is -2.16. The maximum atomic E-state index is 11.5. The summed E-state index contributed by atoms with van der Waals surface area (Å²) in [6.07, 6.45) is 8.32. The lowest BCUT2D eigenvalue weighted by Crippen LogP contribution is -2.30. The maximum Gasteiger partial charge on any atom is 0.220 e. The Bertz CT molecular complexity index is 502. The minimum absolute atomic E-state index is 0.0681. The Morgan fingerprint density at radius 1 is 1.28 bits per heavy atom. The molecule has 1 saturated heterocycles. The average molecular weight is 367 g/mol. The molecule has 0 aromatic heterocycles. The number of rotatable bonds is 10. The molecule has 4 nitrogen and oxygen atoms in total. The second kappa shape index (κ2) is 12.2. The number of hydrogen-bond donors (Lipinski definition) is 2. The first-order chi connectivity index (χ1) is 12.3. The lowest BCUT2D eigenvalue weighted by molar-refractivity contribution is -0.121. The zero-order valence-corrected chi connectivity index (χ0v) is 15.8. The SMILES string of the molecule is O=C(CCCCl)NCCCOc1cccc(CC2CCCCCN2)c1. The summed E-state index contributed by atoms with van der Waals surface area (Å²) >= 11 is 5.58. The van der Waals surface area contributed by atoms with E-state index in [1.807, 2.05) is 6.07 Å². The number of amides is 1. The Morgan fingerprint density at radius 2 is 2.20 bits per heavy atom. The normalized spacial score (nSPS) is 17.7. The van der Waals surface area contributed by atoms with E-state index in [1.165, 1.54) is 31.2 Å². The van der Waals surface area contributed by atoms with E-state index in [4.69, 9.17) is 16.3 Å². The van der Waals surface area contributed by atoms with Crippen LogP contribution >= 0.6 is 11.6 Å². The van der Waals surface area contributed by atoms with Crippen LogP contribution in [0.3, 0.4) is 0 Å². The van der Waals surface area contributed by atoms with Gasteiger partial charge in [-0.05, 0) is 56.3 Å². The molecule has 0 saturated carbocycles. The third kappa shape index (κ3) is 8.59. The highest BCUT2D eigenvalue weighted by molar-refractivity contribution is 6.17. The van der Waals surface area contributed by atoms with Gasteiger partial charge >= 0.3 is 0 Å². The minimum Gasteiger partial charge on any atom is -0.494 e. The zero-order chi connectivity index (χ0) is 17.7. The van der Waals surface area contributed by atoms with Crippen molar-refractivity contribution in [1.29, 1.82) is 0 Å². The van der Waals surface area contributed by atoms with Crippen molar-refractivity contribution in [2.45, 2.75) is 57.4 Å². The smallest absolute Gasteiger partial charge is 0.220 e. The second-order valence-electron chi connectivity index (χ2n) is 6.70. The summed E-state index contributed by atoms with van der Waals surface area (Å²) in [5, 5.41) is 6.53. The molecule has 0 radical (unpaired) electrons. The van der Waals surface area contributed by atoms with Crippen molar-refractivity contribution < 1.29 is 9.53 Å². The molecule has 2 rings (SSSR count). The van der Waals surface area contributed by atoms with Crippen LogP contribution < -0.4 is 15.4 Å². The lowest BCUT2D eigenvalue weighted by atomic mass is 10.0. The van der Waals surface area contributed by atoms with Crippen LogP contribution in [0.1, 0.15) is 50.5 Å². The Labute approximate surface area is 156 Å². The minimum atomic E-state index is 0.0681. The highest BCUT2D eigenvalue weighted by Crippen LogP contribution is 2.18. The topological polar surface area (TPSA) is 50.4 Å². The number of carbonyl (C=O) groups is 1. The van der Waals surface area contributed by atoms with Crippen LogP contribution in [-0.2, 0) is 11.2 Å². The highest BCUT2D eigenvalue weighted by atomic mass is 35.5. The van der Waals surface area contributed by atoms with Crippen molar-refractivity contribution in [3.63, 3.8) is 0 Å². The fourth-order valence-corrected chi connectivity index (χ4v) is 3.26. The van der Waals surface area contributed by atoms with E-state index < -0.39 is 0 Å². The molecule has 0 aliphatic carbocycles. The molecule has 140 valence electrons. The molecule has 1 amide bonds. The van der Waals surface area contributed by atoms with Gasteiger partial charge in [0.1, 0.15) is 5.75 Å². The molecular formula is C20H31ClN2O2. The maximum absolute atomic E-state index is 11.5. The number of benzene rings is 1. The van der Waals surface area contributed by atoms with Crippen molar-refractivity contribution in [3.05, 3.63) is 29.8 Å². The van der Waals surface area contributed by atoms with Crippen LogP contribution in [0.4, 0.5) is 0 Å². The molecule has 1 fully saturated rings. The summed E-state index contributed by atoms with van der Waals surface area (Å²) in [4.78, 5) is 11.5. The fraction of sp³-hybridized carbons (Fsp3) is 0.650. The number of halogens is 1. The van der Waals surface area contributed by atoms with E-state index in [0.717, 1.165) is 31.6 Å². The number of hydrogen-bond acceptors (Lipinski definition) is 3. The third-order valence-electron chi connectivity index (χ3n) is 4.49. The Hall–Kier alpha value is -1.26. The Balaban J connectivity index is 1.66. The molecule has 25 heavy (non-hydrogen) atoms. The van der Waals surface area contributed by atoms with E-state index >= 15 is 0 Å². The van der Waals surface area contributed by atoms with E-state index in [2.05, 4.69) is 28.8 Å². The summed E-state index contributed by atoms with van der Waals surface area (Å²) < 4.78 is 5.83. The van der Waals surface area contributed by atoms with E-state index in [0.29, 0.717) is 31.5 Å². The molecule has 2 N–H and O–H groups in total. The van der Waals surface area contributed by atoms with E-state index in [-0.39, 0.29) is 5.91 Å². The molecular weight excluding hydrogens is 336 g/mol. The monoisotopic (exact) mass is 366 g/mol. The third-order valence-corrected chi connectivity index (χ3v) is 4.76. The first-order valence-electron chi connectivity index (χ1n) is 9.55. The molecule has 1 aromatic carbocycles. The van der Waals surface area contributed by atoms with Crippen molar-refractivity contribution in [2.75, 3.05) is 25.6 Å². The van der Waals surface area contributed by atoms with Crippen molar-refractivity contribution >= 4 is 17.5 Å². The quantitative estimate of drug-likeness (QED) is 0.490. The molecule has 1 aliphatic heterocycles. The zero-order valence-electron chi connectivity index (χ0n) is 15.1. The summed E-state index contributed by atoms with van der Waals surface area (Å²) in [7, 11) is 0.